The van der Waals surface area contributed by atoms with Crippen molar-refractivity contribution in [1.29, 1.82) is 0 Å². The van der Waals surface area contributed by atoms with Crippen LogP contribution in [0.25, 0.3) is 0 Å². The maximum atomic E-state index is 10.6. The number of aliphatic hydroxyl groups excluding tert-OH is 1. The Balaban J connectivity index is 2.32. The Bertz CT molecular complexity index is 549. The van der Waals surface area contributed by atoms with Gasteiger partial charge in [0.1, 0.15) is 11.9 Å². The van der Waals surface area contributed by atoms with E-state index in [0.717, 1.165) is 30.0 Å². The van der Waals surface area contributed by atoms with Crippen LogP contribution < -0.4 is 4.74 Å². The molecule has 0 radical (unpaired) electrons. The average molecular weight is 274 g/mol. The zero-order valence-corrected chi connectivity index (χ0v) is 12.3. The second kappa shape index (κ2) is 6.57. The molecule has 4 nitrogen and oxygen atoms in total. The smallest absolute Gasteiger partial charge is 0.125 e. The van der Waals surface area contributed by atoms with Crippen molar-refractivity contribution in [3.05, 3.63) is 48.0 Å². The van der Waals surface area contributed by atoms with Crippen LogP contribution in [0.3, 0.4) is 0 Å². The molecule has 108 valence electrons. The predicted molar refractivity (Wildman–Crippen MR) is 78.8 cm³/mol. The molecule has 0 amide bonds. The van der Waals surface area contributed by atoms with Gasteiger partial charge in [-0.25, -0.2) is 4.98 Å². The second-order valence-corrected chi connectivity index (χ2v) is 5.12. The van der Waals surface area contributed by atoms with Crippen molar-refractivity contribution in [2.24, 2.45) is 0 Å². The van der Waals surface area contributed by atoms with Gasteiger partial charge in [0.25, 0.3) is 0 Å². The van der Waals surface area contributed by atoms with Crippen LogP contribution in [0.2, 0.25) is 0 Å². The number of rotatable bonds is 6. The van der Waals surface area contributed by atoms with Crippen molar-refractivity contribution in [2.45, 2.75) is 45.9 Å². The molecule has 2 rings (SSSR count). The Kier molecular flexibility index (Phi) is 4.79. The number of aliphatic hydroxyl groups is 1. The van der Waals surface area contributed by atoms with Gasteiger partial charge in [0.2, 0.25) is 0 Å². The van der Waals surface area contributed by atoms with Crippen LogP contribution in [0.5, 0.6) is 5.75 Å². The van der Waals surface area contributed by atoms with E-state index in [9.17, 15) is 5.11 Å². The molecular weight excluding hydrogens is 252 g/mol. The normalized spacial score (nSPS) is 12.7. The van der Waals surface area contributed by atoms with Gasteiger partial charge in [-0.1, -0.05) is 25.1 Å². The largest absolute Gasteiger partial charge is 0.491 e. The number of ether oxygens (including phenoxy) is 1. The molecule has 20 heavy (non-hydrogen) atoms. The fraction of sp³-hybridized carbons (Fsp3) is 0.438. The molecule has 2 aromatic rings. The quantitative estimate of drug-likeness (QED) is 0.880. The topological polar surface area (TPSA) is 47.3 Å². The van der Waals surface area contributed by atoms with Gasteiger partial charge in [0.05, 0.1) is 24.3 Å². The Morgan fingerprint density at radius 1 is 1.30 bits per heavy atom. The van der Waals surface area contributed by atoms with Crippen molar-refractivity contribution >= 4 is 0 Å². The summed E-state index contributed by atoms with van der Waals surface area (Å²) in [4.78, 5) is 4.14. The number of para-hydroxylation sites is 1. The van der Waals surface area contributed by atoms with Crippen molar-refractivity contribution in [3.8, 4) is 5.75 Å². The van der Waals surface area contributed by atoms with E-state index in [2.05, 4.69) is 11.9 Å². The summed E-state index contributed by atoms with van der Waals surface area (Å²) in [5.74, 6) is 0.722. The minimum Gasteiger partial charge on any atom is -0.491 e. The van der Waals surface area contributed by atoms with E-state index in [-0.39, 0.29) is 6.10 Å². The van der Waals surface area contributed by atoms with E-state index < -0.39 is 6.10 Å². The van der Waals surface area contributed by atoms with E-state index >= 15 is 0 Å². The molecule has 1 N–H and O–H groups in total. The van der Waals surface area contributed by atoms with E-state index in [1.54, 1.807) is 12.5 Å². The predicted octanol–water partition coefficient (Wildman–Crippen LogP) is 3.16. The lowest BCUT2D eigenvalue weighted by Crippen LogP contribution is -2.12. The van der Waals surface area contributed by atoms with Crippen molar-refractivity contribution in [1.82, 2.24) is 9.55 Å². The molecule has 0 saturated heterocycles. The van der Waals surface area contributed by atoms with Gasteiger partial charge in [-0.15, -0.1) is 0 Å². The third kappa shape index (κ3) is 3.20. The highest BCUT2D eigenvalue weighted by atomic mass is 16.5. The summed E-state index contributed by atoms with van der Waals surface area (Å²) in [6.07, 6.45) is 3.82. The first kappa shape index (κ1) is 14.6. The lowest BCUT2D eigenvalue weighted by atomic mass is 10.1. The molecule has 1 heterocycles. The molecule has 0 bridgehead atoms. The molecule has 0 aliphatic heterocycles. The molecule has 1 aromatic heterocycles. The highest BCUT2D eigenvalue weighted by molar-refractivity contribution is 5.38. The molecule has 0 aliphatic rings. The first-order chi connectivity index (χ1) is 9.63. The highest BCUT2D eigenvalue weighted by Crippen LogP contribution is 2.30. The lowest BCUT2D eigenvalue weighted by molar-refractivity contribution is 0.191. The zero-order chi connectivity index (χ0) is 14.5. The minimum absolute atomic E-state index is 0.0731. The standard InChI is InChI=1S/C16H22N2O2/c1-4-9-18-11-17-10-14(18)16(19)13-7-5-6-8-15(13)20-12(2)3/h5-8,10-12,16,19H,4,9H2,1-3H3. The zero-order valence-electron chi connectivity index (χ0n) is 12.3. The number of aryl methyl sites for hydroxylation is 1. The highest BCUT2D eigenvalue weighted by Gasteiger charge is 2.19. The van der Waals surface area contributed by atoms with Crippen LogP contribution in [0.4, 0.5) is 0 Å². The Morgan fingerprint density at radius 3 is 2.75 bits per heavy atom. The van der Waals surface area contributed by atoms with E-state index in [0.29, 0.717) is 0 Å². The van der Waals surface area contributed by atoms with Crippen molar-refractivity contribution in [2.75, 3.05) is 0 Å². The van der Waals surface area contributed by atoms with Crippen LogP contribution in [0, 0.1) is 0 Å². The number of nitrogens with zero attached hydrogens (tertiary/aromatic N) is 2. The third-order valence-electron chi connectivity index (χ3n) is 3.07. The number of imidazole rings is 1. The Hall–Kier alpha value is -1.81. The maximum absolute atomic E-state index is 10.6. The summed E-state index contributed by atoms with van der Waals surface area (Å²) in [5, 5.41) is 10.6. The summed E-state index contributed by atoms with van der Waals surface area (Å²) in [5.41, 5.74) is 1.57. The summed E-state index contributed by atoms with van der Waals surface area (Å²) in [7, 11) is 0. The average Bonchev–Trinajstić information content (AvgIpc) is 2.86. The van der Waals surface area contributed by atoms with Crippen LogP contribution in [0.15, 0.2) is 36.8 Å². The van der Waals surface area contributed by atoms with Crippen molar-refractivity contribution < 1.29 is 9.84 Å². The molecule has 0 saturated carbocycles. The second-order valence-electron chi connectivity index (χ2n) is 5.12. The molecule has 0 fully saturated rings. The van der Waals surface area contributed by atoms with Gasteiger partial charge in [-0.2, -0.15) is 0 Å². The van der Waals surface area contributed by atoms with Crippen LogP contribution in [-0.2, 0) is 6.54 Å². The van der Waals surface area contributed by atoms with Gasteiger partial charge >= 0.3 is 0 Å². The summed E-state index contributed by atoms with van der Waals surface area (Å²) in [6.45, 7) is 6.90. The number of hydrogen-bond acceptors (Lipinski definition) is 3. The van der Waals surface area contributed by atoms with E-state index in [1.807, 2.05) is 42.7 Å². The Labute approximate surface area is 120 Å². The lowest BCUT2D eigenvalue weighted by Gasteiger charge is -2.19. The first-order valence-corrected chi connectivity index (χ1v) is 7.07. The number of aromatic nitrogens is 2. The van der Waals surface area contributed by atoms with Crippen LogP contribution in [0.1, 0.15) is 44.6 Å². The maximum Gasteiger partial charge on any atom is 0.125 e. The molecular formula is C16H22N2O2. The van der Waals surface area contributed by atoms with Gasteiger partial charge in [-0.3, -0.25) is 0 Å². The Morgan fingerprint density at radius 2 is 2.05 bits per heavy atom. The van der Waals surface area contributed by atoms with Crippen LogP contribution in [-0.4, -0.2) is 20.8 Å². The number of hydrogen-bond donors (Lipinski definition) is 1. The summed E-state index contributed by atoms with van der Waals surface area (Å²) >= 11 is 0. The van der Waals surface area contributed by atoms with Crippen LogP contribution >= 0.6 is 0 Å². The third-order valence-corrected chi connectivity index (χ3v) is 3.07. The molecule has 1 atom stereocenters. The molecule has 4 heteroatoms. The summed E-state index contributed by atoms with van der Waals surface area (Å²) < 4.78 is 7.76. The summed E-state index contributed by atoms with van der Waals surface area (Å²) in [6, 6.07) is 7.61. The fourth-order valence-corrected chi connectivity index (χ4v) is 2.21. The minimum atomic E-state index is -0.723. The van der Waals surface area contributed by atoms with Gasteiger partial charge in [0, 0.05) is 12.1 Å². The molecule has 0 aliphatic carbocycles. The molecule has 1 aromatic carbocycles. The fourth-order valence-electron chi connectivity index (χ4n) is 2.21. The van der Waals surface area contributed by atoms with E-state index in [1.165, 1.54) is 0 Å². The molecule has 0 spiro atoms. The van der Waals surface area contributed by atoms with E-state index in [4.69, 9.17) is 4.74 Å². The monoisotopic (exact) mass is 274 g/mol. The van der Waals surface area contributed by atoms with Gasteiger partial charge in [-0.05, 0) is 26.3 Å². The van der Waals surface area contributed by atoms with Crippen molar-refractivity contribution in [3.63, 3.8) is 0 Å². The molecule has 1 unspecified atom stereocenters. The van der Waals surface area contributed by atoms with Gasteiger partial charge in [0.15, 0.2) is 0 Å². The SMILES string of the molecule is CCCn1cncc1C(O)c1ccccc1OC(C)C. The first-order valence-electron chi connectivity index (χ1n) is 7.07. The number of benzene rings is 1. The van der Waals surface area contributed by atoms with Gasteiger partial charge < -0.3 is 14.4 Å².